The quantitative estimate of drug-likeness (QED) is 0.106. The summed E-state index contributed by atoms with van der Waals surface area (Å²) in [4.78, 5) is 18.6. The molecule has 212 valence electrons. The number of nitrogens with zero attached hydrogens (tertiary/aromatic N) is 2. The van der Waals surface area contributed by atoms with E-state index >= 15 is 0 Å². The van der Waals surface area contributed by atoms with E-state index in [1.807, 2.05) is 42.5 Å². The van der Waals surface area contributed by atoms with Crippen LogP contribution in [0.3, 0.4) is 0 Å². The van der Waals surface area contributed by atoms with E-state index in [1.165, 1.54) is 13.2 Å². The van der Waals surface area contributed by atoms with Crippen LogP contribution in [-0.2, 0) is 11.4 Å². The molecule has 0 saturated carbocycles. The maximum atomic E-state index is 13.4. The monoisotopic (exact) mass is 582 g/mol. The SMILES string of the molecule is COc1ccc(C(ON)c2ccccc2)cc1N=Nc1c(O)c(C(=O)Nc2cc(Cl)ccc2CO)cc2ccccc12. The number of carbonyl (C=O) groups is 1. The van der Waals surface area contributed by atoms with E-state index in [0.29, 0.717) is 44.0 Å². The first kappa shape index (κ1) is 28.7. The van der Waals surface area contributed by atoms with E-state index in [0.717, 1.165) is 5.56 Å². The molecule has 1 amide bonds. The van der Waals surface area contributed by atoms with Crippen molar-refractivity contribution in [1.82, 2.24) is 0 Å². The largest absolute Gasteiger partial charge is 0.505 e. The second-order valence-corrected chi connectivity index (χ2v) is 9.75. The van der Waals surface area contributed by atoms with Crippen LogP contribution in [0.2, 0.25) is 5.02 Å². The zero-order chi connectivity index (χ0) is 29.6. The third-order valence-corrected chi connectivity index (χ3v) is 6.97. The smallest absolute Gasteiger partial charge is 0.259 e. The van der Waals surface area contributed by atoms with Gasteiger partial charge in [-0.25, -0.2) is 5.90 Å². The molecule has 5 aromatic carbocycles. The maximum Gasteiger partial charge on any atom is 0.259 e. The lowest BCUT2D eigenvalue weighted by Gasteiger charge is -2.16. The van der Waals surface area contributed by atoms with Crippen LogP contribution in [0.4, 0.5) is 17.1 Å². The van der Waals surface area contributed by atoms with Crippen molar-refractivity contribution in [3.8, 4) is 11.5 Å². The number of nitrogens with two attached hydrogens (primary N) is 1. The minimum atomic E-state index is -0.614. The van der Waals surface area contributed by atoms with Crippen LogP contribution in [0, 0.1) is 0 Å². The number of phenolic OH excluding ortho intramolecular Hbond substituents is 1. The minimum Gasteiger partial charge on any atom is -0.505 e. The normalized spacial score (nSPS) is 12.0. The Morgan fingerprint density at radius 1 is 0.952 bits per heavy atom. The predicted octanol–water partition coefficient (Wildman–Crippen LogP) is 7.35. The number of benzene rings is 5. The number of anilines is 1. The fraction of sp³-hybridized carbons (Fsp3) is 0.0938. The van der Waals surface area contributed by atoms with Crippen molar-refractivity contribution in [1.29, 1.82) is 0 Å². The summed E-state index contributed by atoms with van der Waals surface area (Å²) in [6.45, 7) is -0.308. The van der Waals surface area contributed by atoms with Crippen molar-refractivity contribution in [2.45, 2.75) is 12.7 Å². The Morgan fingerprint density at radius 3 is 2.45 bits per heavy atom. The minimum absolute atomic E-state index is 0.0343. The number of phenols is 1. The number of azo groups is 1. The van der Waals surface area contributed by atoms with Gasteiger partial charge in [0, 0.05) is 21.7 Å². The van der Waals surface area contributed by atoms with Crippen LogP contribution in [0.1, 0.15) is 33.2 Å². The Morgan fingerprint density at radius 2 is 1.71 bits per heavy atom. The van der Waals surface area contributed by atoms with Gasteiger partial charge in [0.05, 0.1) is 19.3 Å². The van der Waals surface area contributed by atoms with Gasteiger partial charge in [-0.1, -0.05) is 78.3 Å². The highest BCUT2D eigenvalue weighted by Gasteiger charge is 2.20. The number of aromatic hydroxyl groups is 1. The molecule has 5 aromatic rings. The molecule has 0 spiro atoms. The summed E-state index contributed by atoms with van der Waals surface area (Å²) in [6, 6.07) is 28.2. The van der Waals surface area contributed by atoms with Gasteiger partial charge in [-0.15, -0.1) is 10.2 Å². The summed E-state index contributed by atoms with van der Waals surface area (Å²) < 4.78 is 5.50. The molecule has 0 heterocycles. The first-order valence-electron chi connectivity index (χ1n) is 12.9. The number of carbonyl (C=O) groups excluding carboxylic acids is 1. The highest BCUT2D eigenvalue weighted by Crippen LogP contribution is 2.41. The van der Waals surface area contributed by atoms with Crippen LogP contribution in [0.5, 0.6) is 11.5 Å². The first-order valence-corrected chi connectivity index (χ1v) is 13.3. The molecule has 0 aromatic heterocycles. The summed E-state index contributed by atoms with van der Waals surface area (Å²) in [5.41, 5.74) is 2.76. The summed E-state index contributed by atoms with van der Waals surface area (Å²) in [7, 11) is 1.51. The van der Waals surface area contributed by atoms with Crippen molar-refractivity contribution in [3.05, 3.63) is 124 Å². The van der Waals surface area contributed by atoms with Crippen LogP contribution in [-0.4, -0.2) is 23.2 Å². The third kappa shape index (κ3) is 5.95. The van der Waals surface area contributed by atoms with Gasteiger partial charge in [0.2, 0.25) is 0 Å². The molecule has 0 aliphatic carbocycles. The number of ether oxygens (including phenoxy) is 1. The molecule has 0 radical (unpaired) electrons. The Hall–Kier alpha value is -4.80. The van der Waals surface area contributed by atoms with Crippen molar-refractivity contribution in [2.24, 2.45) is 16.1 Å². The lowest BCUT2D eigenvalue weighted by molar-refractivity contribution is 0.0813. The average Bonchev–Trinajstić information content (AvgIpc) is 3.01. The molecule has 0 aliphatic heterocycles. The van der Waals surface area contributed by atoms with E-state index in [-0.39, 0.29) is 23.6 Å². The number of halogens is 1. The molecule has 42 heavy (non-hydrogen) atoms. The number of hydrogen-bond donors (Lipinski definition) is 4. The Labute approximate surface area is 246 Å². The van der Waals surface area contributed by atoms with E-state index in [9.17, 15) is 15.0 Å². The highest BCUT2D eigenvalue weighted by atomic mass is 35.5. The van der Waals surface area contributed by atoms with Gasteiger partial charge in [-0.2, -0.15) is 0 Å². The topological polar surface area (TPSA) is 139 Å². The zero-order valence-corrected chi connectivity index (χ0v) is 23.2. The summed E-state index contributed by atoms with van der Waals surface area (Å²) in [5, 5.41) is 34.1. The first-order chi connectivity index (χ1) is 20.4. The van der Waals surface area contributed by atoms with Crippen molar-refractivity contribution in [3.63, 3.8) is 0 Å². The molecule has 1 atom stereocenters. The summed E-state index contributed by atoms with van der Waals surface area (Å²) in [6.07, 6.45) is -0.567. The highest BCUT2D eigenvalue weighted by molar-refractivity contribution is 6.31. The van der Waals surface area contributed by atoms with E-state index < -0.39 is 12.0 Å². The molecule has 5 N–H and O–H groups in total. The fourth-order valence-electron chi connectivity index (χ4n) is 4.61. The molecule has 0 saturated heterocycles. The van der Waals surface area contributed by atoms with Gasteiger partial charge in [0.1, 0.15) is 23.2 Å². The molecule has 1 unspecified atom stereocenters. The molecule has 10 heteroatoms. The average molecular weight is 583 g/mol. The summed E-state index contributed by atoms with van der Waals surface area (Å²) >= 11 is 6.10. The number of aliphatic hydroxyl groups is 1. The van der Waals surface area contributed by atoms with Gasteiger partial charge in [0.25, 0.3) is 5.91 Å². The van der Waals surface area contributed by atoms with Gasteiger partial charge in [0.15, 0.2) is 5.75 Å². The molecule has 5 rings (SSSR count). The molecule has 9 nitrogen and oxygen atoms in total. The van der Waals surface area contributed by atoms with Crippen LogP contribution >= 0.6 is 11.6 Å². The second-order valence-electron chi connectivity index (χ2n) is 9.31. The fourth-order valence-corrected chi connectivity index (χ4v) is 4.79. The number of aliphatic hydroxyl groups excluding tert-OH is 1. The van der Waals surface area contributed by atoms with Crippen LogP contribution < -0.4 is 16.0 Å². The van der Waals surface area contributed by atoms with Gasteiger partial charge < -0.3 is 20.3 Å². The van der Waals surface area contributed by atoms with Crippen LogP contribution in [0.25, 0.3) is 10.8 Å². The van der Waals surface area contributed by atoms with Gasteiger partial charge in [-0.05, 0) is 46.8 Å². The molecular weight excluding hydrogens is 556 g/mol. The second kappa shape index (κ2) is 12.8. The van der Waals surface area contributed by atoms with Gasteiger partial charge >= 0.3 is 0 Å². The van der Waals surface area contributed by atoms with E-state index in [4.69, 9.17) is 27.1 Å². The third-order valence-electron chi connectivity index (χ3n) is 6.73. The Bertz CT molecular complexity index is 1780. The Balaban J connectivity index is 1.56. The number of fused-ring (bicyclic) bond motifs is 1. The predicted molar refractivity (Wildman–Crippen MR) is 162 cm³/mol. The maximum absolute atomic E-state index is 13.4. The lowest BCUT2D eigenvalue weighted by atomic mass is 10.0. The van der Waals surface area contributed by atoms with E-state index in [1.54, 1.807) is 48.5 Å². The number of amides is 1. The number of rotatable bonds is 9. The van der Waals surface area contributed by atoms with Crippen molar-refractivity contribution >= 4 is 45.3 Å². The standard InChI is InChI=1S/C32H27ClN4O5/c1-41-28-14-12-21(31(42-34)19-7-3-2-4-8-19)16-27(28)36-37-29-24-10-6-5-9-20(24)15-25(30(29)39)32(40)35-26-17-23(33)13-11-22(26)18-38/h2-17,31,38-39H,18,34H2,1H3,(H,35,40). The number of hydrogen-bond acceptors (Lipinski definition) is 8. The summed E-state index contributed by atoms with van der Waals surface area (Å²) in [5.74, 6) is 5.10. The molecule has 0 aliphatic rings. The van der Waals surface area contributed by atoms with Crippen molar-refractivity contribution < 1.29 is 24.6 Å². The zero-order valence-electron chi connectivity index (χ0n) is 22.5. The Kier molecular flexibility index (Phi) is 8.75. The molecule has 0 bridgehead atoms. The molecule has 0 fully saturated rings. The van der Waals surface area contributed by atoms with Crippen molar-refractivity contribution in [2.75, 3.05) is 12.4 Å². The van der Waals surface area contributed by atoms with Gasteiger partial charge in [-0.3, -0.25) is 9.63 Å². The lowest BCUT2D eigenvalue weighted by Crippen LogP contribution is -2.13. The number of nitrogens with one attached hydrogen (secondary N) is 1. The van der Waals surface area contributed by atoms with Crippen LogP contribution in [0.15, 0.2) is 107 Å². The molecular formula is C32H27ClN4O5. The van der Waals surface area contributed by atoms with E-state index in [2.05, 4.69) is 15.5 Å². The number of methoxy groups -OCH3 is 1.